The SMILES string of the molecule is COc1cccc(C=NCCCN=Cc2cccc(OC)c2[O-])c1[O-].O=[N+]([O-])[O-].O=[N+]([O-])[O-].[Co+2].[Cu+2]. The molecule has 2 rings (SSSR count). The van der Waals surface area contributed by atoms with E-state index in [-0.39, 0.29) is 45.3 Å². The van der Waals surface area contributed by atoms with E-state index in [1.165, 1.54) is 14.2 Å². The third-order valence-corrected chi connectivity index (χ3v) is 3.49. The largest absolute Gasteiger partial charge is 2.00 e. The van der Waals surface area contributed by atoms with Gasteiger partial charge in [0.2, 0.25) is 0 Å². The summed E-state index contributed by atoms with van der Waals surface area (Å²) < 4.78 is 9.97. The van der Waals surface area contributed by atoms with E-state index in [0.29, 0.717) is 42.1 Å². The van der Waals surface area contributed by atoms with Gasteiger partial charge in [0.1, 0.15) is 11.5 Å². The number of aliphatic imine (C=N–C) groups is 2. The van der Waals surface area contributed by atoms with Gasteiger partial charge in [-0.1, -0.05) is 35.8 Å². The van der Waals surface area contributed by atoms with Crippen molar-refractivity contribution in [3.8, 4) is 23.0 Å². The van der Waals surface area contributed by atoms with Crippen molar-refractivity contribution in [1.29, 1.82) is 0 Å². The number of rotatable bonds is 8. The van der Waals surface area contributed by atoms with E-state index < -0.39 is 10.2 Å². The fraction of sp³-hybridized carbons (Fsp3) is 0.263. The molecule has 16 heteroatoms. The molecule has 14 nitrogen and oxygen atoms in total. The summed E-state index contributed by atoms with van der Waals surface area (Å²) in [6.45, 7) is 1.08. The van der Waals surface area contributed by atoms with E-state index in [0.717, 1.165) is 0 Å². The summed E-state index contributed by atoms with van der Waals surface area (Å²) >= 11 is 0. The predicted octanol–water partition coefficient (Wildman–Crippen LogP) is 1.30. The van der Waals surface area contributed by atoms with Crippen molar-refractivity contribution in [3.63, 3.8) is 0 Å². The fourth-order valence-corrected chi connectivity index (χ4v) is 2.17. The van der Waals surface area contributed by atoms with E-state index in [9.17, 15) is 10.2 Å². The maximum atomic E-state index is 11.9. The first-order valence-electron chi connectivity index (χ1n) is 8.94. The van der Waals surface area contributed by atoms with Crippen LogP contribution in [0.3, 0.4) is 0 Å². The normalized spacial score (nSPS) is 9.43. The van der Waals surface area contributed by atoms with Crippen LogP contribution in [-0.2, 0) is 33.8 Å². The summed E-state index contributed by atoms with van der Waals surface area (Å²) in [5, 5.41) is 53.4. The second-order valence-corrected chi connectivity index (χ2v) is 5.63. The Balaban J connectivity index is -0.000000894. The molecule has 0 saturated carbocycles. The van der Waals surface area contributed by atoms with Gasteiger partial charge in [0.15, 0.2) is 0 Å². The molecule has 2 radical (unpaired) electrons. The first-order chi connectivity index (χ1) is 15.6. The number of nitrogens with zero attached hydrogens (tertiary/aromatic N) is 4. The monoisotopic (exact) mass is 586 g/mol. The second kappa shape index (κ2) is 21.0. The van der Waals surface area contributed by atoms with Crippen molar-refractivity contribution in [1.82, 2.24) is 0 Å². The molecule has 0 amide bonds. The maximum absolute atomic E-state index is 11.9. The van der Waals surface area contributed by atoms with Crippen molar-refractivity contribution in [3.05, 3.63) is 78.2 Å². The van der Waals surface area contributed by atoms with Crippen LogP contribution in [-0.4, -0.2) is 49.9 Å². The Labute approximate surface area is 220 Å². The number of ether oxygens (including phenoxy) is 2. The van der Waals surface area contributed by atoms with Crippen LogP contribution in [0.15, 0.2) is 46.4 Å². The first kappa shape index (κ1) is 36.0. The van der Waals surface area contributed by atoms with Gasteiger partial charge in [-0.3, -0.25) is 9.98 Å². The molecule has 2 aromatic carbocycles. The molecule has 2 aromatic rings. The van der Waals surface area contributed by atoms with Gasteiger partial charge in [-0.05, 0) is 29.7 Å². The van der Waals surface area contributed by atoms with Crippen molar-refractivity contribution < 1.29 is 63.7 Å². The Bertz CT molecular complexity index is 880. The molecule has 0 aliphatic rings. The van der Waals surface area contributed by atoms with Gasteiger partial charge < -0.3 is 50.3 Å². The van der Waals surface area contributed by atoms with Crippen molar-refractivity contribution in [2.45, 2.75) is 6.42 Å². The molecule has 0 aliphatic carbocycles. The van der Waals surface area contributed by atoms with E-state index in [1.807, 2.05) is 0 Å². The van der Waals surface area contributed by atoms with Gasteiger partial charge in [0.05, 0.1) is 24.4 Å². The zero-order valence-corrected chi connectivity index (χ0v) is 20.2. The van der Waals surface area contributed by atoms with Gasteiger partial charge in [-0.15, -0.1) is 0 Å². The Morgan fingerprint density at radius 1 is 0.771 bits per heavy atom. The number of hydrogen-bond acceptors (Lipinski definition) is 12. The summed E-state index contributed by atoms with van der Waals surface area (Å²) in [6, 6.07) is 10.1. The Morgan fingerprint density at radius 3 is 1.37 bits per heavy atom. The van der Waals surface area contributed by atoms with E-state index in [1.54, 1.807) is 48.8 Å². The predicted molar refractivity (Wildman–Crippen MR) is 115 cm³/mol. The molecule has 0 spiro atoms. The maximum Gasteiger partial charge on any atom is 2.00 e. The topological polar surface area (TPSA) is 222 Å². The smallest absolute Gasteiger partial charge is 0.870 e. The van der Waals surface area contributed by atoms with Gasteiger partial charge in [-0.25, -0.2) is 0 Å². The van der Waals surface area contributed by atoms with Crippen LogP contribution in [0.1, 0.15) is 17.5 Å². The summed E-state index contributed by atoms with van der Waals surface area (Å²) in [5.74, 6) is 0.265. The number of benzene rings is 2. The fourth-order valence-electron chi connectivity index (χ4n) is 2.17. The average molecular weight is 587 g/mol. The molecule has 0 saturated heterocycles. The van der Waals surface area contributed by atoms with Crippen LogP contribution in [0.2, 0.25) is 0 Å². The molecule has 0 aromatic heterocycles. The van der Waals surface area contributed by atoms with Crippen LogP contribution < -0.4 is 19.7 Å². The summed E-state index contributed by atoms with van der Waals surface area (Å²) in [6.07, 6.45) is 3.81. The molecule has 0 atom stereocenters. The summed E-state index contributed by atoms with van der Waals surface area (Å²) in [4.78, 5) is 25.0. The van der Waals surface area contributed by atoms with Crippen LogP contribution in [0.25, 0.3) is 0 Å². The average Bonchev–Trinajstić information content (AvgIpc) is 2.74. The standard InChI is InChI=1S/C19H22N2O4.Co.Cu.2NO3/c1-24-16-8-3-6-14(18(16)22)12-20-10-5-11-21-13-15-7-4-9-17(25-2)19(15)23;;;2*2-1(3)4/h3-4,6-9,12-13,22-23H,5,10-11H2,1-2H3;;;;/q;2*+2;2*-1/p-2. The minimum absolute atomic E-state index is 0. The van der Waals surface area contributed by atoms with E-state index in [2.05, 4.69) is 9.98 Å². The first-order valence-corrected chi connectivity index (χ1v) is 8.94. The molecule has 0 unspecified atom stereocenters. The minimum Gasteiger partial charge on any atom is -0.870 e. The van der Waals surface area contributed by atoms with E-state index in [4.69, 9.17) is 40.1 Å². The molecule has 0 aliphatic heterocycles. The van der Waals surface area contributed by atoms with Crippen LogP contribution in [0.5, 0.6) is 23.0 Å². The number of para-hydroxylation sites is 2. The zero-order chi connectivity index (χ0) is 25.2. The van der Waals surface area contributed by atoms with Crippen molar-refractivity contribution >= 4 is 12.4 Å². The van der Waals surface area contributed by atoms with Crippen LogP contribution in [0, 0.1) is 30.6 Å². The molecule has 0 heterocycles. The molecule has 0 N–H and O–H groups in total. The third-order valence-electron chi connectivity index (χ3n) is 3.49. The van der Waals surface area contributed by atoms with Gasteiger partial charge in [0.25, 0.3) is 0 Å². The summed E-state index contributed by atoms with van der Waals surface area (Å²) in [7, 11) is 2.93. The minimum atomic E-state index is -1.75. The molecular weight excluding hydrogens is 567 g/mol. The molecule has 0 bridgehead atoms. The number of hydrogen-bond donors (Lipinski definition) is 0. The second-order valence-electron chi connectivity index (χ2n) is 5.63. The zero-order valence-electron chi connectivity index (χ0n) is 18.2. The molecule has 0 fully saturated rings. The third kappa shape index (κ3) is 16.6. The summed E-state index contributed by atoms with van der Waals surface area (Å²) in [5.41, 5.74) is 0.991. The Hall–Kier alpha value is -3.59. The van der Waals surface area contributed by atoms with Crippen LogP contribution >= 0.6 is 0 Å². The molecule has 35 heavy (non-hydrogen) atoms. The molecular formula is C19H20CoCuN4O10. The van der Waals surface area contributed by atoms with Gasteiger partial charge in [0, 0.05) is 25.5 Å². The Morgan fingerprint density at radius 2 is 1.09 bits per heavy atom. The van der Waals surface area contributed by atoms with Crippen LogP contribution in [0.4, 0.5) is 0 Å². The molecule has 196 valence electrons. The van der Waals surface area contributed by atoms with Gasteiger partial charge in [-0.2, -0.15) is 0 Å². The van der Waals surface area contributed by atoms with E-state index >= 15 is 0 Å². The van der Waals surface area contributed by atoms with Gasteiger partial charge >= 0.3 is 33.8 Å². The van der Waals surface area contributed by atoms with Crippen molar-refractivity contribution in [2.75, 3.05) is 27.3 Å². The quantitative estimate of drug-likeness (QED) is 0.142. The van der Waals surface area contributed by atoms with Crippen molar-refractivity contribution in [2.24, 2.45) is 9.98 Å². The number of methoxy groups -OCH3 is 2. The Kier molecular flexibility index (Phi) is 21.6.